The zero-order valence-corrected chi connectivity index (χ0v) is 9.91. The Morgan fingerprint density at radius 1 is 1.47 bits per heavy atom. The van der Waals surface area contributed by atoms with E-state index in [0.29, 0.717) is 13.2 Å². The summed E-state index contributed by atoms with van der Waals surface area (Å²) in [6.45, 7) is 1.43. The summed E-state index contributed by atoms with van der Waals surface area (Å²) in [7, 11) is 0. The Labute approximate surface area is 107 Å². The molecule has 0 aliphatic carbocycles. The highest BCUT2D eigenvalue weighted by Crippen LogP contribution is 2.29. The number of nitrogens with one attached hydrogen (secondary N) is 1. The summed E-state index contributed by atoms with van der Waals surface area (Å²) in [6, 6.07) is 1.21. The van der Waals surface area contributed by atoms with Crippen molar-refractivity contribution in [2.45, 2.75) is 12.6 Å². The van der Waals surface area contributed by atoms with Crippen LogP contribution in [0.3, 0.4) is 0 Å². The Hall–Kier alpha value is -1.61. The van der Waals surface area contributed by atoms with Gasteiger partial charge in [0.25, 0.3) is 0 Å². The second-order valence-electron chi connectivity index (χ2n) is 4.10. The predicted molar refractivity (Wildman–Crippen MR) is 59.3 cm³/mol. The van der Waals surface area contributed by atoms with Crippen molar-refractivity contribution in [1.82, 2.24) is 9.97 Å². The zero-order chi connectivity index (χ0) is 13.9. The van der Waals surface area contributed by atoms with Gasteiger partial charge in [-0.3, -0.25) is 0 Å². The van der Waals surface area contributed by atoms with Crippen LogP contribution in [0, 0.1) is 5.92 Å². The number of hydrogen-bond donors (Lipinski definition) is 2. The van der Waals surface area contributed by atoms with Gasteiger partial charge >= 0.3 is 6.18 Å². The molecule has 1 unspecified atom stereocenters. The maximum Gasteiger partial charge on any atom is 0.451 e. The molecule has 1 aliphatic rings. The molecule has 0 spiro atoms. The van der Waals surface area contributed by atoms with Crippen molar-refractivity contribution in [2.24, 2.45) is 11.8 Å². The number of halogens is 3. The van der Waals surface area contributed by atoms with E-state index in [4.69, 9.17) is 15.3 Å². The van der Waals surface area contributed by atoms with Crippen molar-refractivity contribution in [2.75, 3.05) is 25.2 Å². The highest BCUT2D eigenvalue weighted by molar-refractivity contribution is 5.37. The molecule has 19 heavy (non-hydrogen) atoms. The standard InChI is InChI=1S/C10H13F3N4O2/c11-10(12,13)9-15-7(17-14)3-8(16-9)19-5-6-1-2-18-4-6/h3,6H,1-2,4-5,14H2,(H,15,16,17). The minimum atomic E-state index is -4.65. The molecule has 0 radical (unpaired) electrons. The summed E-state index contributed by atoms with van der Waals surface area (Å²) >= 11 is 0. The first-order chi connectivity index (χ1) is 8.99. The molecule has 1 atom stereocenters. The highest BCUT2D eigenvalue weighted by Gasteiger charge is 2.35. The third-order valence-electron chi connectivity index (χ3n) is 2.59. The van der Waals surface area contributed by atoms with E-state index in [9.17, 15) is 13.2 Å². The molecule has 1 aliphatic heterocycles. The van der Waals surface area contributed by atoms with Crippen LogP contribution in [0.5, 0.6) is 5.88 Å². The van der Waals surface area contributed by atoms with Gasteiger partial charge in [-0.1, -0.05) is 0 Å². The summed E-state index contributed by atoms with van der Waals surface area (Å²) in [5.41, 5.74) is 2.05. The van der Waals surface area contributed by atoms with E-state index >= 15 is 0 Å². The highest BCUT2D eigenvalue weighted by atomic mass is 19.4. The van der Waals surface area contributed by atoms with Crippen LogP contribution in [0.1, 0.15) is 12.2 Å². The van der Waals surface area contributed by atoms with Crippen molar-refractivity contribution in [1.29, 1.82) is 0 Å². The fraction of sp³-hybridized carbons (Fsp3) is 0.600. The summed E-state index contributed by atoms with van der Waals surface area (Å²) < 4.78 is 48.1. The third-order valence-corrected chi connectivity index (χ3v) is 2.59. The van der Waals surface area contributed by atoms with Crippen molar-refractivity contribution < 1.29 is 22.6 Å². The van der Waals surface area contributed by atoms with Crippen LogP contribution in [0.2, 0.25) is 0 Å². The van der Waals surface area contributed by atoms with Crippen molar-refractivity contribution in [3.63, 3.8) is 0 Å². The predicted octanol–water partition coefficient (Wildman–Crippen LogP) is 1.20. The van der Waals surface area contributed by atoms with Crippen molar-refractivity contribution in [3.8, 4) is 5.88 Å². The molecule has 2 heterocycles. The fourth-order valence-electron chi connectivity index (χ4n) is 1.62. The number of hydrogen-bond acceptors (Lipinski definition) is 6. The van der Waals surface area contributed by atoms with Crippen molar-refractivity contribution >= 4 is 5.82 Å². The van der Waals surface area contributed by atoms with Gasteiger partial charge < -0.3 is 14.9 Å². The Kier molecular flexibility index (Phi) is 4.05. The van der Waals surface area contributed by atoms with E-state index in [1.807, 2.05) is 0 Å². The smallest absolute Gasteiger partial charge is 0.451 e. The van der Waals surface area contributed by atoms with Crippen LogP contribution < -0.4 is 16.0 Å². The molecule has 3 N–H and O–H groups in total. The van der Waals surface area contributed by atoms with Crippen LogP contribution >= 0.6 is 0 Å². The summed E-state index contributed by atoms with van der Waals surface area (Å²) in [5.74, 6) is 3.62. The quantitative estimate of drug-likeness (QED) is 0.636. The Morgan fingerprint density at radius 3 is 2.84 bits per heavy atom. The van der Waals surface area contributed by atoms with Gasteiger partial charge in [0.1, 0.15) is 5.82 Å². The van der Waals surface area contributed by atoms with E-state index in [-0.39, 0.29) is 24.2 Å². The van der Waals surface area contributed by atoms with E-state index < -0.39 is 12.0 Å². The number of nitrogens with zero attached hydrogens (tertiary/aromatic N) is 2. The Balaban J connectivity index is 2.10. The second kappa shape index (κ2) is 5.57. The first-order valence-electron chi connectivity index (χ1n) is 5.62. The average Bonchev–Trinajstić information content (AvgIpc) is 2.88. The summed E-state index contributed by atoms with van der Waals surface area (Å²) in [6.07, 6.45) is -3.83. The van der Waals surface area contributed by atoms with E-state index in [1.54, 1.807) is 0 Å². The molecule has 0 bridgehead atoms. The number of ether oxygens (including phenoxy) is 2. The van der Waals surface area contributed by atoms with Gasteiger partial charge in [-0.05, 0) is 6.42 Å². The summed E-state index contributed by atoms with van der Waals surface area (Å²) in [5, 5.41) is 0. The minimum Gasteiger partial charge on any atom is -0.477 e. The normalized spacial score (nSPS) is 19.5. The third kappa shape index (κ3) is 3.67. The number of hydrazine groups is 1. The fourth-order valence-corrected chi connectivity index (χ4v) is 1.62. The minimum absolute atomic E-state index is 0.153. The van der Waals surface area contributed by atoms with Gasteiger partial charge in [0.05, 0.1) is 13.2 Å². The first-order valence-corrected chi connectivity index (χ1v) is 5.62. The SMILES string of the molecule is NNc1cc(OCC2CCOC2)nc(C(F)(F)F)n1. The lowest BCUT2D eigenvalue weighted by atomic mass is 10.1. The molecule has 9 heteroatoms. The van der Waals surface area contributed by atoms with E-state index in [1.165, 1.54) is 6.07 Å². The number of aromatic nitrogens is 2. The molecule has 2 rings (SSSR count). The van der Waals surface area contributed by atoms with Gasteiger partial charge in [0.2, 0.25) is 11.7 Å². The largest absolute Gasteiger partial charge is 0.477 e. The first kappa shape index (κ1) is 13.8. The average molecular weight is 278 g/mol. The molecule has 1 aromatic rings. The summed E-state index contributed by atoms with van der Waals surface area (Å²) in [4.78, 5) is 6.54. The number of nitrogens with two attached hydrogens (primary N) is 1. The zero-order valence-electron chi connectivity index (χ0n) is 9.91. The maximum absolute atomic E-state index is 12.6. The van der Waals surface area contributed by atoms with Crippen LogP contribution in [0.25, 0.3) is 0 Å². The molecule has 6 nitrogen and oxygen atoms in total. The van der Waals surface area contributed by atoms with Crippen molar-refractivity contribution in [3.05, 3.63) is 11.9 Å². The van der Waals surface area contributed by atoms with Crippen LogP contribution in [-0.2, 0) is 10.9 Å². The second-order valence-corrected chi connectivity index (χ2v) is 4.10. The number of rotatable bonds is 4. The lowest BCUT2D eigenvalue weighted by molar-refractivity contribution is -0.145. The number of alkyl halides is 3. The van der Waals surface area contributed by atoms with E-state index in [2.05, 4.69) is 15.4 Å². The van der Waals surface area contributed by atoms with Crippen LogP contribution in [0.15, 0.2) is 6.07 Å². The Morgan fingerprint density at radius 2 is 2.26 bits per heavy atom. The van der Waals surface area contributed by atoms with Crippen LogP contribution in [0.4, 0.5) is 19.0 Å². The van der Waals surface area contributed by atoms with Gasteiger partial charge in [-0.2, -0.15) is 18.2 Å². The Bertz CT molecular complexity index is 435. The lowest BCUT2D eigenvalue weighted by Crippen LogP contribution is -2.18. The maximum atomic E-state index is 12.6. The van der Waals surface area contributed by atoms with Gasteiger partial charge in [0.15, 0.2) is 0 Å². The molecular formula is C10H13F3N4O2. The molecule has 0 amide bonds. The lowest BCUT2D eigenvalue weighted by Gasteiger charge is -2.12. The molecular weight excluding hydrogens is 265 g/mol. The molecule has 106 valence electrons. The van der Waals surface area contributed by atoms with Gasteiger partial charge in [0, 0.05) is 18.6 Å². The monoisotopic (exact) mass is 278 g/mol. The molecule has 1 fully saturated rings. The molecule has 0 saturated carbocycles. The molecule has 1 aromatic heterocycles. The van der Waals surface area contributed by atoms with E-state index in [0.717, 1.165) is 6.42 Å². The number of nitrogen functional groups attached to an aromatic ring is 1. The van der Waals surface area contributed by atoms with Gasteiger partial charge in [-0.15, -0.1) is 0 Å². The molecule has 0 aromatic carbocycles. The number of anilines is 1. The topological polar surface area (TPSA) is 82.3 Å². The van der Waals surface area contributed by atoms with Crippen LogP contribution in [-0.4, -0.2) is 29.8 Å². The molecule has 1 saturated heterocycles. The van der Waals surface area contributed by atoms with Gasteiger partial charge in [-0.25, -0.2) is 10.8 Å².